The Labute approximate surface area is 85.1 Å². The summed E-state index contributed by atoms with van der Waals surface area (Å²) in [6.45, 7) is 0. The largest absolute Gasteiger partial charge is 0.481 e. The van der Waals surface area contributed by atoms with Gasteiger partial charge in [0.15, 0.2) is 0 Å². The number of hydrogen-bond acceptors (Lipinski definition) is 2. The Morgan fingerprint density at radius 2 is 1.93 bits per heavy atom. The standard InChI is InChI=1S/C11H19NO2/c1-12-9-3-4-10(12)7-8(6-9)2-5-11(13)14/h8-10H,2-7H2,1H3,(H,13,14). The molecule has 2 atom stereocenters. The summed E-state index contributed by atoms with van der Waals surface area (Å²) in [6, 6.07) is 1.49. The summed E-state index contributed by atoms with van der Waals surface area (Å²) in [5, 5.41) is 8.63. The van der Waals surface area contributed by atoms with Gasteiger partial charge in [0.1, 0.15) is 0 Å². The number of carboxylic acids is 1. The van der Waals surface area contributed by atoms with Crippen molar-refractivity contribution < 1.29 is 9.90 Å². The molecule has 2 fully saturated rings. The molecule has 0 amide bonds. The summed E-state index contributed by atoms with van der Waals surface area (Å²) in [5.74, 6) is 0.0241. The van der Waals surface area contributed by atoms with E-state index in [4.69, 9.17) is 5.11 Å². The van der Waals surface area contributed by atoms with Crippen molar-refractivity contribution in [2.45, 2.75) is 50.6 Å². The summed E-state index contributed by atoms with van der Waals surface area (Å²) in [5.41, 5.74) is 0. The van der Waals surface area contributed by atoms with Crippen LogP contribution in [0.2, 0.25) is 0 Å². The van der Waals surface area contributed by atoms with Crippen LogP contribution < -0.4 is 0 Å². The van der Waals surface area contributed by atoms with Gasteiger partial charge in [0.2, 0.25) is 0 Å². The van der Waals surface area contributed by atoms with Gasteiger partial charge in [0, 0.05) is 18.5 Å². The second-order valence-electron chi connectivity index (χ2n) is 4.82. The van der Waals surface area contributed by atoms with E-state index in [9.17, 15) is 4.79 Å². The molecule has 2 heterocycles. The highest BCUT2D eigenvalue weighted by Crippen LogP contribution is 2.38. The molecule has 0 aliphatic carbocycles. The van der Waals surface area contributed by atoms with E-state index in [1.54, 1.807) is 0 Å². The molecule has 2 saturated heterocycles. The van der Waals surface area contributed by atoms with E-state index in [0.29, 0.717) is 12.3 Å². The monoisotopic (exact) mass is 197 g/mol. The molecule has 80 valence electrons. The lowest BCUT2D eigenvalue weighted by atomic mass is 9.87. The van der Waals surface area contributed by atoms with Crippen LogP contribution in [0.15, 0.2) is 0 Å². The van der Waals surface area contributed by atoms with E-state index in [1.807, 2.05) is 0 Å². The molecule has 14 heavy (non-hydrogen) atoms. The molecular weight excluding hydrogens is 178 g/mol. The fourth-order valence-corrected chi connectivity index (χ4v) is 3.09. The Hall–Kier alpha value is -0.570. The third kappa shape index (κ3) is 1.92. The lowest BCUT2D eigenvalue weighted by Crippen LogP contribution is -2.39. The second-order valence-corrected chi connectivity index (χ2v) is 4.82. The van der Waals surface area contributed by atoms with Gasteiger partial charge in [-0.3, -0.25) is 4.79 Å². The van der Waals surface area contributed by atoms with Crippen LogP contribution in [0.5, 0.6) is 0 Å². The van der Waals surface area contributed by atoms with Crippen molar-refractivity contribution in [3.05, 3.63) is 0 Å². The predicted octanol–water partition coefficient (Wildman–Crippen LogP) is 1.72. The zero-order valence-electron chi connectivity index (χ0n) is 8.78. The normalized spacial score (nSPS) is 37.4. The average Bonchev–Trinajstić information content (AvgIpc) is 2.41. The van der Waals surface area contributed by atoms with Crippen molar-refractivity contribution in [2.24, 2.45) is 5.92 Å². The quantitative estimate of drug-likeness (QED) is 0.749. The number of rotatable bonds is 3. The SMILES string of the molecule is CN1C2CCC1CC(CCC(=O)O)C2. The van der Waals surface area contributed by atoms with E-state index in [0.717, 1.165) is 18.5 Å². The van der Waals surface area contributed by atoms with E-state index in [-0.39, 0.29) is 0 Å². The zero-order valence-corrected chi connectivity index (χ0v) is 8.78. The fourth-order valence-electron chi connectivity index (χ4n) is 3.09. The number of piperidine rings is 1. The molecule has 3 nitrogen and oxygen atoms in total. The van der Waals surface area contributed by atoms with Gasteiger partial charge in [-0.05, 0) is 45.1 Å². The van der Waals surface area contributed by atoms with Gasteiger partial charge in [-0.2, -0.15) is 0 Å². The zero-order chi connectivity index (χ0) is 10.1. The molecule has 0 aromatic rings. The first-order chi connectivity index (χ1) is 6.66. The molecule has 1 N–H and O–H groups in total. The van der Waals surface area contributed by atoms with E-state index in [1.165, 1.54) is 25.7 Å². The Balaban J connectivity index is 1.84. The molecule has 3 heteroatoms. The number of carbonyl (C=O) groups is 1. The summed E-state index contributed by atoms with van der Waals surface area (Å²) in [4.78, 5) is 13.0. The van der Waals surface area contributed by atoms with E-state index < -0.39 is 5.97 Å². The molecule has 0 aromatic heterocycles. The molecule has 0 spiro atoms. The molecule has 2 bridgehead atoms. The van der Waals surface area contributed by atoms with Crippen molar-refractivity contribution in [2.75, 3.05) is 7.05 Å². The molecule has 0 radical (unpaired) electrons. The predicted molar refractivity (Wildman–Crippen MR) is 54.2 cm³/mol. The van der Waals surface area contributed by atoms with Gasteiger partial charge in [-0.25, -0.2) is 0 Å². The van der Waals surface area contributed by atoms with Crippen LogP contribution in [0.4, 0.5) is 0 Å². The van der Waals surface area contributed by atoms with Crippen LogP contribution in [-0.2, 0) is 4.79 Å². The first-order valence-corrected chi connectivity index (χ1v) is 5.60. The first kappa shape index (κ1) is 9.97. The van der Waals surface area contributed by atoms with Gasteiger partial charge < -0.3 is 10.0 Å². The Kier molecular flexibility index (Phi) is 2.77. The van der Waals surface area contributed by atoms with Gasteiger partial charge in [-0.15, -0.1) is 0 Å². The Morgan fingerprint density at radius 1 is 1.36 bits per heavy atom. The van der Waals surface area contributed by atoms with Crippen molar-refractivity contribution in [3.63, 3.8) is 0 Å². The van der Waals surface area contributed by atoms with Crippen LogP contribution in [0.1, 0.15) is 38.5 Å². The maximum atomic E-state index is 10.5. The number of fused-ring (bicyclic) bond motifs is 2. The van der Waals surface area contributed by atoms with Crippen molar-refractivity contribution >= 4 is 5.97 Å². The highest BCUT2D eigenvalue weighted by molar-refractivity contribution is 5.66. The van der Waals surface area contributed by atoms with Crippen LogP contribution in [-0.4, -0.2) is 35.1 Å². The van der Waals surface area contributed by atoms with Crippen LogP contribution in [0.25, 0.3) is 0 Å². The van der Waals surface area contributed by atoms with Crippen molar-refractivity contribution in [1.29, 1.82) is 0 Å². The third-order valence-corrected chi connectivity index (χ3v) is 3.96. The number of hydrogen-bond donors (Lipinski definition) is 1. The fraction of sp³-hybridized carbons (Fsp3) is 0.909. The van der Waals surface area contributed by atoms with Gasteiger partial charge in [0.25, 0.3) is 0 Å². The lowest BCUT2D eigenvalue weighted by Gasteiger charge is -2.36. The molecule has 2 rings (SSSR count). The topological polar surface area (TPSA) is 40.5 Å². The average molecular weight is 197 g/mol. The molecule has 0 aromatic carbocycles. The number of carboxylic acid groups (broad SMARTS) is 1. The van der Waals surface area contributed by atoms with Crippen LogP contribution in [0, 0.1) is 5.92 Å². The van der Waals surface area contributed by atoms with Gasteiger partial charge in [-0.1, -0.05) is 0 Å². The minimum Gasteiger partial charge on any atom is -0.481 e. The summed E-state index contributed by atoms with van der Waals surface area (Å²) in [6.07, 6.45) is 6.33. The number of nitrogens with zero attached hydrogens (tertiary/aromatic N) is 1. The molecule has 2 aliphatic rings. The van der Waals surface area contributed by atoms with Crippen molar-refractivity contribution in [3.8, 4) is 0 Å². The molecular formula is C11H19NO2. The number of aliphatic carboxylic acids is 1. The summed E-state index contributed by atoms with van der Waals surface area (Å²) >= 11 is 0. The summed E-state index contributed by atoms with van der Waals surface area (Å²) in [7, 11) is 2.22. The molecule has 2 unspecified atom stereocenters. The second kappa shape index (κ2) is 3.89. The van der Waals surface area contributed by atoms with Crippen LogP contribution >= 0.6 is 0 Å². The van der Waals surface area contributed by atoms with E-state index >= 15 is 0 Å². The highest BCUT2D eigenvalue weighted by atomic mass is 16.4. The smallest absolute Gasteiger partial charge is 0.303 e. The minimum absolute atomic E-state index is 0.355. The Bertz CT molecular complexity index is 215. The van der Waals surface area contributed by atoms with Crippen LogP contribution in [0.3, 0.4) is 0 Å². The molecule has 0 saturated carbocycles. The lowest BCUT2D eigenvalue weighted by molar-refractivity contribution is -0.137. The van der Waals surface area contributed by atoms with E-state index in [2.05, 4.69) is 11.9 Å². The van der Waals surface area contributed by atoms with Crippen molar-refractivity contribution in [1.82, 2.24) is 4.90 Å². The van der Waals surface area contributed by atoms with Gasteiger partial charge in [0.05, 0.1) is 0 Å². The maximum absolute atomic E-state index is 10.5. The highest BCUT2D eigenvalue weighted by Gasteiger charge is 2.38. The first-order valence-electron chi connectivity index (χ1n) is 5.60. The molecule has 2 aliphatic heterocycles. The van der Waals surface area contributed by atoms with Gasteiger partial charge >= 0.3 is 5.97 Å². The maximum Gasteiger partial charge on any atom is 0.303 e. The minimum atomic E-state index is -0.642. The summed E-state index contributed by atoms with van der Waals surface area (Å²) < 4.78 is 0. The third-order valence-electron chi connectivity index (χ3n) is 3.96. The Morgan fingerprint density at radius 3 is 2.43 bits per heavy atom.